The Morgan fingerprint density at radius 3 is 1.37 bits per heavy atom. The number of carbonyl (C=O) groups excluding carboxylic acids is 1. The minimum absolute atomic E-state index is 0.316. The fraction of sp³-hybridized carbons (Fsp3) is 0.769. The van der Waals surface area contributed by atoms with E-state index in [2.05, 4.69) is 4.74 Å². The fourth-order valence-electron chi connectivity index (χ4n) is 1.95. The molecule has 0 radical (unpaired) electrons. The minimum Gasteiger partial charge on any atom is -0.467 e. The number of rotatable bonds is 9. The summed E-state index contributed by atoms with van der Waals surface area (Å²) in [4.78, 5) is 14.7. The maximum atomic E-state index is 12.4. The third-order valence-electron chi connectivity index (χ3n) is 3.49. The van der Waals surface area contributed by atoms with Gasteiger partial charge in [0.2, 0.25) is 8.64 Å². The van der Waals surface area contributed by atoms with Crippen molar-refractivity contribution in [1.82, 2.24) is 19.2 Å². The van der Waals surface area contributed by atoms with Crippen molar-refractivity contribution in [1.29, 1.82) is 0 Å². The molecule has 0 bridgehead atoms. The first-order valence-electron chi connectivity index (χ1n) is 8.11. The molecule has 0 rings (SSSR count). The van der Waals surface area contributed by atoms with Gasteiger partial charge in [-0.3, -0.25) is 0 Å². The summed E-state index contributed by atoms with van der Waals surface area (Å²) in [6.45, 7) is 8.08. The van der Waals surface area contributed by atoms with Crippen LogP contribution in [0.25, 0.3) is 0 Å². The van der Waals surface area contributed by atoms with E-state index in [-0.39, 0.29) is 0 Å². The summed E-state index contributed by atoms with van der Waals surface area (Å²) in [6, 6.07) is 0. The zero-order valence-electron chi connectivity index (χ0n) is 15.9. The van der Waals surface area contributed by atoms with Crippen molar-refractivity contribution in [2.75, 3.05) is 33.3 Å². The number of ether oxygens (including phenoxy) is 1. The Morgan fingerprint density at radius 1 is 0.852 bits per heavy atom. The highest BCUT2D eigenvalue weighted by Crippen LogP contribution is 2.05. The Hall–Kier alpha value is -0.930. The molecule has 158 valence electrons. The van der Waals surface area contributed by atoms with Crippen LogP contribution in [0.5, 0.6) is 0 Å². The number of nitrogens with one attached hydrogen (secondary N) is 2. The molecule has 27 heavy (non-hydrogen) atoms. The summed E-state index contributed by atoms with van der Waals surface area (Å²) in [7, 11) is -7.70. The number of methoxy groups -OCH3 is 1. The van der Waals surface area contributed by atoms with Crippen molar-refractivity contribution in [3.05, 3.63) is 0 Å². The highest BCUT2D eigenvalue weighted by Gasteiger charge is 2.35. The number of carbonyl (C=O) groups is 1. The Labute approximate surface area is 171 Å². The van der Waals surface area contributed by atoms with Gasteiger partial charge < -0.3 is 14.5 Å². The summed E-state index contributed by atoms with van der Waals surface area (Å²) >= 11 is 9.87. The van der Waals surface area contributed by atoms with Gasteiger partial charge in [-0.1, -0.05) is 0 Å². The molecule has 0 aliphatic rings. The van der Waals surface area contributed by atoms with Crippen molar-refractivity contribution in [3.8, 4) is 0 Å². The Balaban J connectivity index is 5.69. The SMILES string of the molecule is CCN(CC)C(=S)S(=O)(=O)NC(NS(=O)(=O)C(=S)N(CC)CC)C(=O)OC. The van der Waals surface area contributed by atoms with Gasteiger partial charge in [0.15, 0.2) is 6.17 Å². The second kappa shape index (κ2) is 11.2. The number of esters is 1. The number of hydrogen-bond donors (Lipinski definition) is 2. The van der Waals surface area contributed by atoms with E-state index in [0.29, 0.717) is 26.2 Å². The Kier molecular flexibility index (Phi) is 10.8. The summed E-state index contributed by atoms with van der Waals surface area (Å²) in [5.74, 6) is -1.16. The number of nitrogens with zero attached hydrogens (tertiary/aromatic N) is 2. The summed E-state index contributed by atoms with van der Waals surface area (Å²) in [6.07, 6.45) is -1.92. The van der Waals surface area contributed by atoms with Crippen LogP contribution in [0.4, 0.5) is 0 Å². The topological polar surface area (TPSA) is 125 Å². The smallest absolute Gasteiger partial charge is 0.339 e. The van der Waals surface area contributed by atoms with Gasteiger partial charge in [-0.25, -0.2) is 21.6 Å². The molecule has 0 aromatic rings. The number of thiocarbonyl (C=S) groups is 2. The van der Waals surface area contributed by atoms with E-state index in [9.17, 15) is 21.6 Å². The van der Waals surface area contributed by atoms with Crippen LogP contribution >= 0.6 is 24.4 Å². The van der Waals surface area contributed by atoms with Crippen LogP contribution in [0, 0.1) is 0 Å². The molecule has 2 N–H and O–H groups in total. The first kappa shape index (κ1) is 26.1. The normalized spacial score (nSPS) is 11.9. The molecule has 0 aromatic heterocycles. The van der Waals surface area contributed by atoms with Gasteiger partial charge in [0.05, 0.1) is 7.11 Å². The van der Waals surface area contributed by atoms with Crippen molar-refractivity contribution >= 4 is 59.1 Å². The van der Waals surface area contributed by atoms with Crippen molar-refractivity contribution < 1.29 is 26.4 Å². The highest BCUT2D eigenvalue weighted by atomic mass is 32.2. The minimum atomic E-state index is -4.34. The average Bonchev–Trinajstić information content (AvgIpc) is 2.61. The van der Waals surface area contributed by atoms with Crippen LogP contribution < -0.4 is 9.44 Å². The van der Waals surface area contributed by atoms with E-state index in [1.807, 2.05) is 9.44 Å². The van der Waals surface area contributed by atoms with Gasteiger partial charge in [-0.15, -0.1) is 0 Å². The largest absolute Gasteiger partial charge is 0.467 e. The highest BCUT2D eigenvalue weighted by molar-refractivity contribution is 8.16. The van der Waals surface area contributed by atoms with E-state index < -0.39 is 40.8 Å². The summed E-state index contributed by atoms with van der Waals surface area (Å²) in [5, 5.41) is 0. The first-order chi connectivity index (χ1) is 12.4. The zero-order valence-corrected chi connectivity index (χ0v) is 19.1. The summed E-state index contributed by atoms with van der Waals surface area (Å²) in [5.41, 5.74) is 0. The van der Waals surface area contributed by atoms with Crippen LogP contribution in [0.1, 0.15) is 27.7 Å². The second-order valence-corrected chi connectivity index (χ2v) is 9.62. The molecule has 0 unspecified atom stereocenters. The molecular formula is C13H26N4O6S4. The van der Waals surface area contributed by atoms with Crippen LogP contribution in [-0.4, -0.2) is 80.7 Å². The third kappa shape index (κ3) is 7.19. The zero-order chi connectivity index (χ0) is 21.4. The maximum absolute atomic E-state index is 12.4. The predicted octanol–water partition coefficient (Wildman–Crippen LogP) is -0.422. The molecule has 0 saturated carbocycles. The van der Waals surface area contributed by atoms with Gasteiger partial charge in [-0.2, -0.15) is 9.44 Å². The lowest BCUT2D eigenvalue weighted by Gasteiger charge is -2.25. The molecule has 0 atom stereocenters. The molecule has 0 fully saturated rings. The van der Waals surface area contributed by atoms with Crippen LogP contribution in [0.3, 0.4) is 0 Å². The van der Waals surface area contributed by atoms with E-state index in [4.69, 9.17) is 24.4 Å². The molecule has 0 heterocycles. The van der Waals surface area contributed by atoms with Gasteiger partial charge in [0, 0.05) is 26.2 Å². The van der Waals surface area contributed by atoms with E-state index >= 15 is 0 Å². The molecule has 14 heteroatoms. The van der Waals surface area contributed by atoms with Gasteiger partial charge in [-0.05, 0) is 52.1 Å². The number of sulfonamides is 2. The van der Waals surface area contributed by atoms with Crippen LogP contribution in [0.2, 0.25) is 0 Å². The molecule has 0 aliphatic heterocycles. The average molecular weight is 463 g/mol. The van der Waals surface area contributed by atoms with Crippen molar-refractivity contribution in [2.45, 2.75) is 33.9 Å². The van der Waals surface area contributed by atoms with Gasteiger partial charge in [0.1, 0.15) is 0 Å². The molecular weight excluding hydrogens is 436 g/mol. The molecule has 0 saturated heterocycles. The van der Waals surface area contributed by atoms with Crippen molar-refractivity contribution in [2.24, 2.45) is 0 Å². The fourth-order valence-corrected chi connectivity index (χ4v) is 5.16. The lowest BCUT2D eigenvalue weighted by molar-refractivity contribution is -0.142. The van der Waals surface area contributed by atoms with Gasteiger partial charge >= 0.3 is 5.97 Å². The lowest BCUT2D eigenvalue weighted by Crippen LogP contribution is -2.57. The Bertz CT molecular complexity index is 689. The Morgan fingerprint density at radius 2 is 1.15 bits per heavy atom. The molecule has 0 aromatic carbocycles. The van der Waals surface area contributed by atoms with E-state index in [1.165, 1.54) is 9.80 Å². The van der Waals surface area contributed by atoms with Gasteiger partial charge in [0.25, 0.3) is 20.0 Å². The molecule has 0 aliphatic carbocycles. The maximum Gasteiger partial charge on any atom is 0.339 e. The monoisotopic (exact) mass is 462 g/mol. The predicted molar refractivity (Wildman–Crippen MR) is 111 cm³/mol. The summed E-state index contributed by atoms with van der Waals surface area (Å²) < 4.78 is 57.2. The number of hydrogen-bond acceptors (Lipinski definition) is 8. The first-order valence-corrected chi connectivity index (χ1v) is 11.9. The lowest BCUT2D eigenvalue weighted by atomic mass is 10.6. The second-order valence-electron chi connectivity index (χ2n) is 5.08. The molecule has 0 spiro atoms. The van der Waals surface area contributed by atoms with Crippen molar-refractivity contribution in [3.63, 3.8) is 0 Å². The van der Waals surface area contributed by atoms with Crippen LogP contribution in [0.15, 0.2) is 0 Å². The molecule has 0 amide bonds. The van der Waals surface area contributed by atoms with Crippen LogP contribution in [-0.2, 0) is 29.6 Å². The quantitative estimate of drug-likeness (QED) is 0.265. The van der Waals surface area contributed by atoms with E-state index in [0.717, 1.165) is 7.11 Å². The molecule has 10 nitrogen and oxygen atoms in total. The van der Waals surface area contributed by atoms with E-state index in [1.54, 1.807) is 27.7 Å². The standard InChI is InChI=1S/C13H26N4O6S4/c1-6-16(7-2)12(24)26(19,20)14-10(11(18)23-5)15-27(21,22)13(25)17(8-3)9-4/h10,14-15H,6-9H2,1-5H3. The third-order valence-corrected chi connectivity index (χ3v) is 7.85.